The summed E-state index contributed by atoms with van der Waals surface area (Å²) in [7, 11) is 3.23. The molecule has 1 aromatic heterocycles. The molecule has 1 aliphatic carbocycles. The van der Waals surface area contributed by atoms with Gasteiger partial charge in [-0.1, -0.05) is 46.6 Å². The number of benzene rings is 1. The van der Waals surface area contributed by atoms with Crippen LogP contribution < -0.4 is 20.1 Å². The number of hydrogen-bond acceptors (Lipinski definition) is 5. The highest BCUT2D eigenvalue weighted by molar-refractivity contribution is 5.94. The number of nitrogens with zero attached hydrogens (tertiary/aromatic N) is 2. The smallest absolute Gasteiger partial charge is 0.272 e. The second kappa shape index (κ2) is 12.3. The monoisotopic (exact) mass is 498 g/mol. The van der Waals surface area contributed by atoms with E-state index in [0.717, 1.165) is 36.9 Å². The topological polar surface area (TPSA) is 94.5 Å². The van der Waals surface area contributed by atoms with Gasteiger partial charge in [-0.25, -0.2) is 0 Å². The number of rotatable bonds is 11. The van der Waals surface area contributed by atoms with Crippen LogP contribution in [0.1, 0.15) is 83.3 Å². The van der Waals surface area contributed by atoms with Crippen molar-refractivity contribution in [3.8, 4) is 22.8 Å². The summed E-state index contributed by atoms with van der Waals surface area (Å²) >= 11 is 0. The van der Waals surface area contributed by atoms with Crippen molar-refractivity contribution in [3.63, 3.8) is 0 Å². The molecule has 2 aromatic rings. The fraction of sp³-hybridized carbons (Fsp3) is 0.607. The second-order valence-corrected chi connectivity index (χ2v) is 10.5. The normalized spacial score (nSPS) is 15.7. The van der Waals surface area contributed by atoms with Crippen LogP contribution in [0.4, 0.5) is 0 Å². The van der Waals surface area contributed by atoms with Crippen molar-refractivity contribution >= 4 is 11.8 Å². The lowest BCUT2D eigenvalue weighted by atomic mass is 10.00. The lowest BCUT2D eigenvalue weighted by molar-refractivity contribution is -0.122. The molecule has 0 radical (unpaired) electrons. The van der Waals surface area contributed by atoms with Crippen molar-refractivity contribution < 1.29 is 19.1 Å². The molecule has 1 fully saturated rings. The zero-order valence-electron chi connectivity index (χ0n) is 22.8. The Hall–Kier alpha value is -3.03. The fourth-order valence-corrected chi connectivity index (χ4v) is 4.64. The van der Waals surface area contributed by atoms with Crippen LogP contribution in [0, 0.1) is 11.8 Å². The number of ether oxygens (including phenoxy) is 2. The van der Waals surface area contributed by atoms with Crippen LogP contribution in [0.2, 0.25) is 0 Å². The molecule has 1 saturated carbocycles. The molecule has 2 unspecified atom stereocenters. The second-order valence-electron chi connectivity index (χ2n) is 10.5. The largest absolute Gasteiger partial charge is 0.496 e. The van der Waals surface area contributed by atoms with Gasteiger partial charge in [-0.15, -0.1) is 0 Å². The van der Waals surface area contributed by atoms with Gasteiger partial charge in [0, 0.05) is 18.5 Å². The molecule has 8 heteroatoms. The minimum absolute atomic E-state index is 0.0145. The van der Waals surface area contributed by atoms with Gasteiger partial charge in [0.15, 0.2) is 5.69 Å². The highest BCUT2D eigenvalue weighted by Gasteiger charge is 2.27. The summed E-state index contributed by atoms with van der Waals surface area (Å²) in [6.07, 6.45) is 4.63. The minimum Gasteiger partial charge on any atom is -0.496 e. The van der Waals surface area contributed by atoms with Crippen molar-refractivity contribution in [1.82, 2.24) is 20.4 Å². The third kappa shape index (κ3) is 6.39. The molecule has 3 rings (SSSR count). The Morgan fingerprint density at radius 3 is 2.17 bits per heavy atom. The third-order valence-electron chi connectivity index (χ3n) is 7.25. The van der Waals surface area contributed by atoms with Gasteiger partial charge < -0.3 is 20.1 Å². The van der Waals surface area contributed by atoms with Crippen LogP contribution in [-0.2, 0) is 4.79 Å². The molecule has 2 N–H and O–H groups in total. The Bertz CT molecular complexity index is 1020. The molecule has 2 amide bonds. The van der Waals surface area contributed by atoms with E-state index in [1.165, 1.54) is 0 Å². The molecule has 0 spiro atoms. The molecule has 0 bridgehead atoms. The van der Waals surface area contributed by atoms with Crippen LogP contribution in [-0.4, -0.2) is 47.9 Å². The van der Waals surface area contributed by atoms with E-state index in [4.69, 9.17) is 14.6 Å². The van der Waals surface area contributed by atoms with Gasteiger partial charge in [0.05, 0.1) is 31.5 Å². The zero-order valence-corrected chi connectivity index (χ0v) is 22.8. The van der Waals surface area contributed by atoms with Crippen LogP contribution >= 0.6 is 0 Å². The maximum atomic E-state index is 13.4. The van der Waals surface area contributed by atoms with Gasteiger partial charge in [0.1, 0.15) is 11.5 Å². The predicted octanol–water partition coefficient (Wildman–Crippen LogP) is 4.99. The number of hydrogen-bond donors (Lipinski definition) is 2. The fourth-order valence-electron chi connectivity index (χ4n) is 4.64. The molecule has 1 aromatic carbocycles. The van der Waals surface area contributed by atoms with E-state index in [0.29, 0.717) is 17.2 Å². The van der Waals surface area contributed by atoms with Crippen molar-refractivity contribution in [2.24, 2.45) is 11.8 Å². The first-order valence-electron chi connectivity index (χ1n) is 13.1. The van der Waals surface area contributed by atoms with Gasteiger partial charge in [-0.05, 0) is 49.8 Å². The summed E-state index contributed by atoms with van der Waals surface area (Å²) in [5, 5.41) is 10.9. The number of methoxy groups -OCH3 is 2. The molecule has 198 valence electrons. The van der Waals surface area contributed by atoms with Crippen LogP contribution in [0.5, 0.6) is 11.5 Å². The lowest BCUT2D eigenvalue weighted by Crippen LogP contribution is -2.44. The average molecular weight is 499 g/mol. The van der Waals surface area contributed by atoms with E-state index in [1.54, 1.807) is 20.3 Å². The molecule has 0 aliphatic heterocycles. The van der Waals surface area contributed by atoms with Crippen LogP contribution in [0.3, 0.4) is 0 Å². The highest BCUT2D eigenvalue weighted by atomic mass is 16.5. The first-order chi connectivity index (χ1) is 17.2. The van der Waals surface area contributed by atoms with E-state index in [1.807, 2.05) is 36.7 Å². The van der Waals surface area contributed by atoms with E-state index >= 15 is 0 Å². The van der Waals surface area contributed by atoms with Crippen molar-refractivity contribution in [1.29, 1.82) is 0 Å². The van der Waals surface area contributed by atoms with E-state index in [-0.39, 0.29) is 48.2 Å². The van der Waals surface area contributed by atoms with Crippen LogP contribution in [0.15, 0.2) is 24.3 Å². The molecule has 1 aliphatic rings. The Balaban J connectivity index is 1.90. The first-order valence-corrected chi connectivity index (χ1v) is 13.1. The van der Waals surface area contributed by atoms with Gasteiger partial charge in [0.2, 0.25) is 5.91 Å². The molecule has 0 saturated heterocycles. The Morgan fingerprint density at radius 2 is 1.64 bits per heavy atom. The summed E-state index contributed by atoms with van der Waals surface area (Å²) in [5.74, 6) is 1.34. The van der Waals surface area contributed by atoms with Crippen molar-refractivity contribution in [2.45, 2.75) is 84.8 Å². The van der Waals surface area contributed by atoms with Crippen molar-refractivity contribution in [2.75, 3.05) is 14.2 Å². The minimum atomic E-state index is -0.299. The number of carbonyl (C=O) groups excluding carboxylic acids is 2. The predicted molar refractivity (Wildman–Crippen MR) is 141 cm³/mol. The van der Waals surface area contributed by atoms with Gasteiger partial charge >= 0.3 is 0 Å². The maximum absolute atomic E-state index is 13.4. The Kier molecular flexibility index (Phi) is 9.40. The standard InChI is InChI=1S/C28H42N4O4/c1-17(2)19(5)32-23(27-24(35-6)13-10-14-25(27)36-7)15-22(31-32)28(34)30-21(18(3)4)16-26(33)29-20-11-8-9-12-20/h10,13-15,17-21H,8-9,11-12,16H2,1-7H3,(H,29,33)(H,30,34). The van der Waals surface area contributed by atoms with Gasteiger partial charge in [0.25, 0.3) is 5.91 Å². The van der Waals surface area contributed by atoms with Gasteiger partial charge in [-0.2, -0.15) is 5.10 Å². The highest BCUT2D eigenvalue weighted by Crippen LogP contribution is 2.40. The number of nitrogens with one attached hydrogen (secondary N) is 2. The zero-order chi connectivity index (χ0) is 26.4. The molecule has 8 nitrogen and oxygen atoms in total. The summed E-state index contributed by atoms with van der Waals surface area (Å²) < 4.78 is 13.1. The molecular weight excluding hydrogens is 456 g/mol. The molecule has 36 heavy (non-hydrogen) atoms. The van der Waals surface area contributed by atoms with E-state index < -0.39 is 0 Å². The summed E-state index contributed by atoms with van der Waals surface area (Å²) in [5.41, 5.74) is 1.79. The maximum Gasteiger partial charge on any atom is 0.272 e. The summed E-state index contributed by atoms with van der Waals surface area (Å²) in [6.45, 7) is 10.3. The molecule has 2 atom stereocenters. The van der Waals surface area contributed by atoms with E-state index in [9.17, 15) is 9.59 Å². The Morgan fingerprint density at radius 1 is 1.03 bits per heavy atom. The third-order valence-corrected chi connectivity index (χ3v) is 7.25. The van der Waals surface area contributed by atoms with E-state index in [2.05, 4.69) is 31.4 Å². The van der Waals surface area contributed by atoms with Crippen LogP contribution in [0.25, 0.3) is 11.3 Å². The summed E-state index contributed by atoms with van der Waals surface area (Å²) in [4.78, 5) is 26.1. The quantitative estimate of drug-likeness (QED) is 0.455. The number of amides is 2. The first kappa shape index (κ1) is 27.6. The molecule has 1 heterocycles. The summed E-state index contributed by atoms with van der Waals surface area (Å²) in [6, 6.07) is 7.37. The number of aromatic nitrogens is 2. The average Bonchev–Trinajstić information content (AvgIpc) is 3.52. The number of carbonyl (C=O) groups is 2. The SMILES string of the molecule is COc1cccc(OC)c1-c1cc(C(=O)NC(CC(=O)NC2CCCC2)C(C)C)nn1C(C)C(C)C. The molecular formula is C28H42N4O4. The lowest BCUT2D eigenvalue weighted by Gasteiger charge is -2.23. The van der Waals surface area contributed by atoms with Gasteiger partial charge in [-0.3, -0.25) is 14.3 Å². The van der Waals surface area contributed by atoms with Crippen molar-refractivity contribution in [3.05, 3.63) is 30.0 Å². The Labute approximate surface area is 215 Å².